The maximum Gasteiger partial charge on any atom is 0.257 e. The monoisotopic (exact) mass is 280 g/mol. The Morgan fingerprint density at radius 3 is 2.95 bits per heavy atom. The summed E-state index contributed by atoms with van der Waals surface area (Å²) in [4.78, 5) is 14.3. The number of amides is 1. The number of halogens is 1. The molecule has 1 amide bonds. The fourth-order valence-electron chi connectivity index (χ4n) is 2.64. The van der Waals surface area contributed by atoms with E-state index in [0.29, 0.717) is 24.8 Å². The molecule has 5 heteroatoms. The standard InChI is InChI=1S/C15H21FN2O2/c1-10(17)11-4-3-7-18(9-11)15(19)13-8-12(16)5-6-14(13)20-2/h5-6,8,10-11H,3-4,7,9,17H2,1-2H3/t10-,11-/m1/s1. The van der Waals surface area contributed by atoms with Gasteiger partial charge in [-0.1, -0.05) is 0 Å². The third-order valence-electron chi connectivity index (χ3n) is 3.88. The van der Waals surface area contributed by atoms with Gasteiger partial charge in [0.2, 0.25) is 0 Å². The Kier molecular flexibility index (Phi) is 4.60. The topological polar surface area (TPSA) is 55.6 Å². The average Bonchev–Trinajstić information content (AvgIpc) is 2.46. The summed E-state index contributed by atoms with van der Waals surface area (Å²) in [5.41, 5.74) is 6.20. The zero-order chi connectivity index (χ0) is 14.7. The molecule has 1 saturated heterocycles. The molecule has 2 atom stereocenters. The van der Waals surface area contributed by atoms with Gasteiger partial charge in [0.05, 0.1) is 12.7 Å². The highest BCUT2D eigenvalue weighted by Crippen LogP contribution is 2.25. The fraction of sp³-hybridized carbons (Fsp3) is 0.533. The Bertz CT molecular complexity index is 491. The Morgan fingerprint density at radius 2 is 2.30 bits per heavy atom. The van der Waals surface area contributed by atoms with Crippen molar-refractivity contribution in [3.63, 3.8) is 0 Å². The van der Waals surface area contributed by atoms with Crippen molar-refractivity contribution in [3.8, 4) is 5.75 Å². The molecule has 1 aromatic rings. The number of nitrogens with zero attached hydrogens (tertiary/aromatic N) is 1. The van der Waals surface area contributed by atoms with Crippen molar-refractivity contribution in [2.45, 2.75) is 25.8 Å². The second kappa shape index (κ2) is 6.22. The first-order valence-electron chi connectivity index (χ1n) is 6.91. The van der Waals surface area contributed by atoms with Crippen LogP contribution in [-0.4, -0.2) is 37.0 Å². The van der Waals surface area contributed by atoms with Gasteiger partial charge in [-0.2, -0.15) is 0 Å². The lowest BCUT2D eigenvalue weighted by molar-refractivity contribution is 0.0657. The Morgan fingerprint density at radius 1 is 1.55 bits per heavy atom. The molecule has 1 aliphatic heterocycles. The van der Waals surface area contributed by atoms with E-state index in [1.54, 1.807) is 4.90 Å². The van der Waals surface area contributed by atoms with Crippen LogP contribution < -0.4 is 10.5 Å². The number of likely N-dealkylation sites (tertiary alicyclic amines) is 1. The predicted octanol–water partition coefficient (Wildman–Crippen LogP) is 2.03. The summed E-state index contributed by atoms with van der Waals surface area (Å²) < 4.78 is 18.5. The van der Waals surface area contributed by atoms with Crippen molar-refractivity contribution < 1.29 is 13.9 Å². The van der Waals surface area contributed by atoms with Crippen LogP contribution in [0.5, 0.6) is 5.75 Å². The van der Waals surface area contributed by atoms with Crippen molar-refractivity contribution in [2.75, 3.05) is 20.2 Å². The highest BCUT2D eigenvalue weighted by molar-refractivity contribution is 5.97. The van der Waals surface area contributed by atoms with E-state index in [9.17, 15) is 9.18 Å². The van der Waals surface area contributed by atoms with E-state index < -0.39 is 5.82 Å². The zero-order valence-corrected chi connectivity index (χ0v) is 11.9. The summed E-state index contributed by atoms with van der Waals surface area (Å²) in [7, 11) is 1.48. The summed E-state index contributed by atoms with van der Waals surface area (Å²) >= 11 is 0. The molecule has 20 heavy (non-hydrogen) atoms. The molecule has 1 heterocycles. The van der Waals surface area contributed by atoms with Crippen LogP contribution in [0.2, 0.25) is 0 Å². The fourth-order valence-corrected chi connectivity index (χ4v) is 2.64. The summed E-state index contributed by atoms with van der Waals surface area (Å²) in [6.07, 6.45) is 1.96. The maximum atomic E-state index is 13.4. The van der Waals surface area contributed by atoms with Gasteiger partial charge in [-0.05, 0) is 43.9 Å². The number of carbonyl (C=O) groups is 1. The largest absolute Gasteiger partial charge is 0.496 e. The maximum absolute atomic E-state index is 13.4. The van der Waals surface area contributed by atoms with Crippen LogP contribution in [0.1, 0.15) is 30.1 Å². The highest BCUT2D eigenvalue weighted by atomic mass is 19.1. The normalized spacial score (nSPS) is 20.6. The van der Waals surface area contributed by atoms with Crippen LogP contribution in [0.3, 0.4) is 0 Å². The molecule has 0 unspecified atom stereocenters. The Balaban J connectivity index is 2.20. The number of methoxy groups -OCH3 is 1. The molecule has 2 N–H and O–H groups in total. The smallest absolute Gasteiger partial charge is 0.257 e. The van der Waals surface area contributed by atoms with Crippen LogP contribution in [0.15, 0.2) is 18.2 Å². The molecule has 1 aliphatic rings. The van der Waals surface area contributed by atoms with Gasteiger partial charge in [-0.25, -0.2) is 4.39 Å². The minimum atomic E-state index is -0.435. The molecule has 110 valence electrons. The van der Waals surface area contributed by atoms with E-state index in [0.717, 1.165) is 12.8 Å². The molecular formula is C15H21FN2O2. The minimum absolute atomic E-state index is 0.0556. The molecular weight excluding hydrogens is 259 g/mol. The van der Waals surface area contributed by atoms with Crippen molar-refractivity contribution >= 4 is 5.91 Å². The number of hydrogen-bond acceptors (Lipinski definition) is 3. The quantitative estimate of drug-likeness (QED) is 0.921. The molecule has 0 saturated carbocycles. The van der Waals surface area contributed by atoms with E-state index in [2.05, 4.69) is 0 Å². The minimum Gasteiger partial charge on any atom is -0.496 e. The second-order valence-corrected chi connectivity index (χ2v) is 5.36. The lowest BCUT2D eigenvalue weighted by Crippen LogP contribution is -2.45. The predicted molar refractivity (Wildman–Crippen MR) is 75.2 cm³/mol. The number of hydrogen-bond donors (Lipinski definition) is 1. The first kappa shape index (κ1) is 14.8. The number of carbonyl (C=O) groups excluding carboxylic acids is 1. The molecule has 0 aromatic heterocycles. The SMILES string of the molecule is COc1ccc(F)cc1C(=O)N1CCC[C@@H]([C@@H](C)N)C1. The average molecular weight is 280 g/mol. The molecule has 4 nitrogen and oxygen atoms in total. The Labute approximate surface area is 118 Å². The molecule has 2 rings (SSSR count). The zero-order valence-electron chi connectivity index (χ0n) is 11.9. The van der Waals surface area contributed by atoms with E-state index in [4.69, 9.17) is 10.5 Å². The number of benzene rings is 1. The van der Waals surface area contributed by atoms with E-state index in [-0.39, 0.29) is 17.5 Å². The van der Waals surface area contributed by atoms with Crippen molar-refractivity contribution in [1.82, 2.24) is 4.90 Å². The van der Waals surface area contributed by atoms with Gasteiger partial charge in [-0.3, -0.25) is 4.79 Å². The summed E-state index contributed by atoms with van der Waals surface area (Å²) in [6, 6.07) is 4.06. The molecule has 0 aliphatic carbocycles. The number of nitrogens with two attached hydrogens (primary N) is 1. The molecule has 0 radical (unpaired) electrons. The van der Waals surface area contributed by atoms with Crippen molar-refractivity contribution in [2.24, 2.45) is 11.7 Å². The van der Waals surface area contributed by atoms with Crippen LogP contribution in [0.4, 0.5) is 4.39 Å². The number of piperidine rings is 1. The molecule has 1 aromatic carbocycles. The summed E-state index contributed by atoms with van der Waals surface area (Å²) in [5.74, 6) is 0.0770. The Hall–Kier alpha value is -1.62. The summed E-state index contributed by atoms with van der Waals surface area (Å²) in [5, 5.41) is 0. The third-order valence-corrected chi connectivity index (χ3v) is 3.88. The first-order chi connectivity index (χ1) is 9.52. The number of rotatable bonds is 3. The molecule has 0 spiro atoms. The van der Waals surface area contributed by atoms with Crippen LogP contribution in [-0.2, 0) is 0 Å². The van der Waals surface area contributed by atoms with E-state index in [1.165, 1.54) is 25.3 Å². The number of ether oxygens (including phenoxy) is 1. The van der Waals surface area contributed by atoms with E-state index in [1.807, 2.05) is 6.92 Å². The molecule has 0 bridgehead atoms. The lowest BCUT2D eigenvalue weighted by atomic mass is 9.92. The third kappa shape index (κ3) is 3.10. The van der Waals surface area contributed by atoms with Crippen LogP contribution in [0, 0.1) is 11.7 Å². The highest BCUT2D eigenvalue weighted by Gasteiger charge is 2.28. The van der Waals surface area contributed by atoms with Gasteiger partial charge in [0.15, 0.2) is 0 Å². The first-order valence-corrected chi connectivity index (χ1v) is 6.91. The lowest BCUT2D eigenvalue weighted by Gasteiger charge is -2.34. The summed E-state index contributed by atoms with van der Waals surface area (Å²) in [6.45, 7) is 3.26. The van der Waals surface area contributed by atoms with Crippen LogP contribution >= 0.6 is 0 Å². The van der Waals surface area contributed by atoms with Gasteiger partial charge in [0, 0.05) is 19.1 Å². The van der Waals surface area contributed by atoms with E-state index >= 15 is 0 Å². The van der Waals surface area contributed by atoms with Gasteiger partial charge in [0.25, 0.3) is 5.91 Å². The van der Waals surface area contributed by atoms with Crippen molar-refractivity contribution in [3.05, 3.63) is 29.6 Å². The van der Waals surface area contributed by atoms with Gasteiger partial charge < -0.3 is 15.4 Å². The van der Waals surface area contributed by atoms with Gasteiger partial charge in [0.1, 0.15) is 11.6 Å². The van der Waals surface area contributed by atoms with Gasteiger partial charge in [-0.15, -0.1) is 0 Å². The van der Waals surface area contributed by atoms with Crippen LogP contribution in [0.25, 0.3) is 0 Å². The van der Waals surface area contributed by atoms with Crippen molar-refractivity contribution in [1.29, 1.82) is 0 Å². The second-order valence-electron chi connectivity index (χ2n) is 5.36. The molecule has 1 fully saturated rings. The van der Waals surface area contributed by atoms with Gasteiger partial charge >= 0.3 is 0 Å².